The van der Waals surface area contributed by atoms with E-state index in [1.807, 2.05) is 0 Å². The molecule has 0 spiro atoms. The monoisotopic (exact) mass is 284 g/mol. The van der Waals surface area contributed by atoms with Crippen LogP contribution in [0.15, 0.2) is 97.1 Å². The van der Waals surface area contributed by atoms with Gasteiger partial charge in [0.15, 0.2) is 0 Å². The lowest BCUT2D eigenvalue weighted by Gasteiger charge is -2.13. The molecule has 0 amide bonds. The van der Waals surface area contributed by atoms with E-state index in [1.54, 1.807) is 0 Å². The van der Waals surface area contributed by atoms with E-state index in [4.69, 9.17) is 0 Å². The van der Waals surface area contributed by atoms with E-state index in [0.29, 0.717) is 5.92 Å². The molecule has 0 nitrogen and oxygen atoms in total. The third kappa shape index (κ3) is 3.95. The Kier molecular flexibility index (Phi) is 4.84. The number of rotatable bonds is 5. The lowest BCUT2D eigenvalue weighted by Crippen LogP contribution is -1.99. The van der Waals surface area contributed by atoms with Crippen molar-refractivity contribution >= 4 is 6.08 Å². The van der Waals surface area contributed by atoms with E-state index in [2.05, 4.69) is 103 Å². The van der Waals surface area contributed by atoms with Crippen molar-refractivity contribution in [3.63, 3.8) is 0 Å². The van der Waals surface area contributed by atoms with Gasteiger partial charge in [-0.2, -0.15) is 0 Å². The van der Waals surface area contributed by atoms with E-state index in [9.17, 15) is 0 Å². The molecule has 1 unspecified atom stereocenters. The van der Waals surface area contributed by atoms with E-state index < -0.39 is 0 Å². The van der Waals surface area contributed by atoms with Gasteiger partial charge < -0.3 is 0 Å². The second-order valence-electron chi connectivity index (χ2n) is 5.48. The van der Waals surface area contributed by atoms with Crippen molar-refractivity contribution < 1.29 is 0 Å². The van der Waals surface area contributed by atoms with E-state index in [1.165, 1.54) is 16.7 Å². The van der Waals surface area contributed by atoms with Gasteiger partial charge in [-0.25, -0.2) is 0 Å². The van der Waals surface area contributed by atoms with E-state index in [-0.39, 0.29) is 0 Å². The minimum Gasteiger partial charge on any atom is -0.0761 e. The second-order valence-corrected chi connectivity index (χ2v) is 5.48. The zero-order chi connectivity index (χ0) is 15.0. The van der Waals surface area contributed by atoms with Crippen molar-refractivity contribution in [2.45, 2.75) is 12.3 Å². The van der Waals surface area contributed by atoms with Crippen LogP contribution in [-0.4, -0.2) is 0 Å². The van der Waals surface area contributed by atoms with Gasteiger partial charge in [0.1, 0.15) is 0 Å². The molecule has 0 N–H and O–H groups in total. The highest BCUT2D eigenvalue weighted by Crippen LogP contribution is 2.23. The normalized spacial score (nSPS) is 12.4. The summed E-state index contributed by atoms with van der Waals surface area (Å²) >= 11 is 0. The zero-order valence-corrected chi connectivity index (χ0v) is 12.6. The van der Waals surface area contributed by atoms with E-state index >= 15 is 0 Å². The minimum atomic E-state index is 0.392. The molecule has 0 radical (unpaired) electrons. The Morgan fingerprint density at radius 2 is 1.18 bits per heavy atom. The molecule has 108 valence electrons. The fourth-order valence-electron chi connectivity index (χ4n) is 2.66. The maximum absolute atomic E-state index is 2.32. The van der Waals surface area contributed by atoms with Crippen LogP contribution in [0.5, 0.6) is 0 Å². The number of benzene rings is 3. The van der Waals surface area contributed by atoms with Crippen molar-refractivity contribution in [1.82, 2.24) is 0 Å². The fourth-order valence-corrected chi connectivity index (χ4v) is 2.66. The third-order valence-corrected chi connectivity index (χ3v) is 3.85. The molecule has 1 atom stereocenters. The van der Waals surface area contributed by atoms with Gasteiger partial charge in [-0.3, -0.25) is 0 Å². The Hall–Kier alpha value is -2.60. The van der Waals surface area contributed by atoms with Crippen molar-refractivity contribution in [2.75, 3.05) is 0 Å². The minimum absolute atomic E-state index is 0.392. The van der Waals surface area contributed by atoms with Crippen LogP contribution in [0, 0.1) is 0 Å². The Bertz CT molecular complexity index is 697. The molecular formula is C22H20. The summed E-state index contributed by atoms with van der Waals surface area (Å²) in [4.78, 5) is 0. The average Bonchev–Trinajstić information content (AvgIpc) is 2.61. The average molecular weight is 284 g/mol. The van der Waals surface area contributed by atoms with Gasteiger partial charge in [0.05, 0.1) is 0 Å². The molecule has 0 aromatic heterocycles. The summed E-state index contributed by atoms with van der Waals surface area (Å²) < 4.78 is 0. The van der Waals surface area contributed by atoms with Gasteiger partial charge in [-0.05, 0) is 23.1 Å². The second kappa shape index (κ2) is 7.42. The Morgan fingerprint density at radius 3 is 1.82 bits per heavy atom. The molecule has 0 aliphatic rings. The summed E-state index contributed by atoms with van der Waals surface area (Å²) in [5.74, 6) is 0.392. The number of allylic oxidation sites excluding steroid dienone is 1. The molecular weight excluding hydrogens is 264 g/mol. The first-order valence-corrected chi connectivity index (χ1v) is 7.74. The summed E-state index contributed by atoms with van der Waals surface area (Å²) in [6.07, 6.45) is 5.56. The Labute approximate surface area is 132 Å². The molecule has 0 bridgehead atoms. The molecule has 0 saturated heterocycles. The van der Waals surface area contributed by atoms with Crippen LogP contribution in [0.2, 0.25) is 0 Å². The van der Waals surface area contributed by atoms with Crippen LogP contribution in [0.1, 0.15) is 22.6 Å². The van der Waals surface area contributed by atoms with Crippen LogP contribution in [0.3, 0.4) is 0 Å². The quantitative estimate of drug-likeness (QED) is 0.561. The lowest BCUT2D eigenvalue weighted by atomic mass is 9.91. The fraction of sp³-hybridized carbons (Fsp3) is 0.0909. The summed E-state index contributed by atoms with van der Waals surface area (Å²) in [5, 5.41) is 0. The zero-order valence-electron chi connectivity index (χ0n) is 12.6. The van der Waals surface area contributed by atoms with Gasteiger partial charge in [-0.1, -0.05) is 103 Å². The van der Waals surface area contributed by atoms with Crippen molar-refractivity contribution in [3.8, 4) is 0 Å². The van der Waals surface area contributed by atoms with Gasteiger partial charge >= 0.3 is 0 Å². The maximum Gasteiger partial charge on any atom is 0.00617 e. The van der Waals surface area contributed by atoms with Gasteiger partial charge in [-0.15, -0.1) is 0 Å². The SMILES string of the molecule is C(=C\C(Cc1ccccc1)c1ccccc1)/c1ccccc1. The standard InChI is InChI=1S/C22H20/c1-4-10-19(11-5-1)16-17-22(21-14-8-3-9-15-21)18-20-12-6-2-7-13-20/h1-17,22H,18H2/b17-16+. The van der Waals surface area contributed by atoms with Crippen LogP contribution in [0.4, 0.5) is 0 Å². The van der Waals surface area contributed by atoms with Crippen LogP contribution in [-0.2, 0) is 6.42 Å². The topological polar surface area (TPSA) is 0 Å². The Morgan fingerprint density at radius 1 is 0.636 bits per heavy atom. The molecule has 0 fully saturated rings. The largest absolute Gasteiger partial charge is 0.0761 e. The van der Waals surface area contributed by atoms with Crippen molar-refractivity contribution in [3.05, 3.63) is 114 Å². The van der Waals surface area contributed by atoms with Gasteiger partial charge in [0, 0.05) is 5.92 Å². The van der Waals surface area contributed by atoms with E-state index in [0.717, 1.165) is 6.42 Å². The summed E-state index contributed by atoms with van der Waals surface area (Å²) in [6.45, 7) is 0. The van der Waals surface area contributed by atoms with Crippen LogP contribution in [0.25, 0.3) is 6.08 Å². The maximum atomic E-state index is 2.32. The molecule has 0 heterocycles. The first-order chi connectivity index (χ1) is 10.9. The summed E-state index contributed by atoms with van der Waals surface area (Å²) in [6, 6.07) is 31.9. The molecule has 3 aromatic rings. The molecule has 0 heteroatoms. The molecule has 0 aliphatic heterocycles. The molecule has 0 aliphatic carbocycles. The molecule has 3 rings (SSSR count). The van der Waals surface area contributed by atoms with Crippen LogP contribution < -0.4 is 0 Å². The first kappa shape index (κ1) is 14.3. The van der Waals surface area contributed by atoms with Crippen molar-refractivity contribution in [1.29, 1.82) is 0 Å². The highest BCUT2D eigenvalue weighted by atomic mass is 14.1. The first-order valence-electron chi connectivity index (χ1n) is 7.74. The summed E-state index contributed by atoms with van der Waals surface area (Å²) in [7, 11) is 0. The highest BCUT2D eigenvalue weighted by Gasteiger charge is 2.08. The summed E-state index contributed by atoms with van der Waals surface area (Å²) in [5.41, 5.74) is 3.98. The van der Waals surface area contributed by atoms with Crippen LogP contribution >= 0.6 is 0 Å². The third-order valence-electron chi connectivity index (χ3n) is 3.85. The predicted molar refractivity (Wildman–Crippen MR) is 94.8 cm³/mol. The highest BCUT2D eigenvalue weighted by molar-refractivity contribution is 5.50. The lowest BCUT2D eigenvalue weighted by molar-refractivity contribution is 0.839. The predicted octanol–water partition coefficient (Wildman–Crippen LogP) is 5.73. The number of hydrogen-bond acceptors (Lipinski definition) is 0. The van der Waals surface area contributed by atoms with Gasteiger partial charge in [0.25, 0.3) is 0 Å². The molecule has 3 aromatic carbocycles. The van der Waals surface area contributed by atoms with Gasteiger partial charge in [0.2, 0.25) is 0 Å². The molecule has 22 heavy (non-hydrogen) atoms. The Balaban J connectivity index is 1.85. The number of hydrogen-bond donors (Lipinski definition) is 0. The molecule has 0 saturated carbocycles. The smallest absolute Gasteiger partial charge is 0.00617 e. The van der Waals surface area contributed by atoms with Crippen molar-refractivity contribution in [2.24, 2.45) is 0 Å².